The molecule has 2 fully saturated rings. The molecule has 0 bridgehead atoms. The van der Waals surface area contributed by atoms with Crippen LogP contribution in [0.25, 0.3) is 0 Å². The van der Waals surface area contributed by atoms with E-state index in [2.05, 4.69) is 24.5 Å². The Kier molecular flexibility index (Phi) is 7.34. The quantitative estimate of drug-likeness (QED) is 0.783. The molecule has 0 aromatic rings. The summed E-state index contributed by atoms with van der Waals surface area (Å²) in [7, 11) is 0. The number of carbonyl (C=O) groups is 2. The van der Waals surface area contributed by atoms with Gasteiger partial charge < -0.3 is 15.5 Å². The number of nitrogens with one attached hydrogen (secondary N) is 2. The van der Waals surface area contributed by atoms with E-state index in [-0.39, 0.29) is 17.7 Å². The van der Waals surface area contributed by atoms with Crippen molar-refractivity contribution in [1.29, 1.82) is 0 Å². The van der Waals surface area contributed by atoms with E-state index >= 15 is 0 Å². The minimum absolute atomic E-state index is 0.0200. The minimum Gasteiger partial charge on any atom is -0.356 e. The van der Waals surface area contributed by atoms with Gasteiger partial charge in [0.1, 0.15) is 0 Å². The molecule has 2 rings (SSSR count). The topological polar surface area (TPSA) is 61.4 Å². The summed E-state index contributed by atoms with van der Waals surface area (Å²) in [5.41, 5.74) is 0. The fourth-order valence-electron chi connectivity index (χ4n) is 3.79. The molecule has 2 amide bonds. The Morgan fingerprint density at radius 2 is 2.00 bits per heavy atom. The maximum absolute atomic E-state index is 12.6. The van der Waals surface area contributed by atoms with Crippen molar-refractivity contribution in [1.82, 2.24) is 15.5 Å². The van der Waals surface area contributed by atoms with Crippen molar-refractivity contribution in [3.63, 3.8) is 0 Å². The molecule has 132 valence electrons. The Labute approximate surface area is 140 Å². The van der Waals surface area contributed by atoms with E-state index in [1.165, 1.54) is 12.8 Å². The van der Waals surface area contributed by atoms with Gasteiger partial charge in [0.15, 0.2) is 0 Å². The molecule has 0 spiro atoms. The number of piperidine rings is 2. The van der Waals surface area contributed by atoms with Crippen molar-refractivity contribution in [2.24, 2.45) is 17.8 Å². The molecule has 0 aromatic heterocycles. The Morgan fingerprint density at radius 3 is 2.70 bits per heavy atom. The highest BCUT2D eigenvalue weighted by Crippen LogP contribution is 2.26. The predicted octanol–water partition coefficient (Wildman–Crippen LogP) is 1.78. The van der Waals surface area contributed by atoms with E-state index in [4.69, 9.17) is 0 Å². The maximum atomic E-state index is 12.6. The second kappa shape index (κ2) is 9.26. The molecule has 2 saturated heterocycles. The van der Waals surface area contributed by atoms with E-state index in [0.717, 1.165) is 45.4 Å². The first kappa shape index (κ1) is 18.2. The number of hydrogen-bond donors (Lipinski definition) is 2. The molecule has 0 aromatic carbocycles. The largest absolute Gasteiger partial charge is 0.356 e. The van der Waals surface area contributed by atoms with Crippen LogP contribution in [-0.4, -0.2) is 49.4 Å². The van der Waals surface area contributed by atoms with Gasteiger partial charge in [0, 0.05) is 26.1 Å². The minimum atomic E-state index is -0.0200. The van der Waals surface area contributed by atoms with Crippen LogP contribution in [0.15, 0.2) is 0 Å². The SMILES string of the molecule is CCCNC(=O)C1CCCN(C(=O)CC(C)C2CCNCC2)C1. The lowest BCUT2D eigenvalue weighted by atomic mass is 9.83. The lowest BCUT2D eigenvalue weighted by Crippen LogP contribution is -2.46. The average molecular weight is 323 g/mol. The van der Waals surface area contributed by atoms with E-state index in [0.29, 0.717) is 24.8 Å². The van der Waals surface area contributed by atoms with Gasteiger partial charge in [-0.15, -0.1) is 0 Å². The normalized spacial score (nSPS) is 24.3. The molecule has 2 N–H and O–H groups in total. The van der Waals surface area contributed by atoms with Crippen LogP contribution in [0.2, 0.25) is 0 Å². The third-order valence-electron chi connectivity index (χ3n) is 5.38. The van der Waals surface area contributed by atoms with Gasteiger partial charge in [0.05, 0.1) is 5.92 Å². The van der Waals surface area contributed by atoms with Crippen molar-refractivity contribution in [2.45, 2.75) is 52.4 Å². The molecular formula is C18H33N3O2. The fraction of sp³-hybridized carbons (Fsp3) is 0.889. The van der Waals surface area contributed by atoms with Crippen LogP contribution in [0.5, 0.6) is 0 Å². The standard InChI is InChI=1S/C18H33N3O2/c1-3-8-20-18(23)16-5-4-11-21(13-16)17(22)12-14(2)15-6-9-19-10-7-15/h14-16,19H,3-13H2,1-2H3,(H,20,23). The Bertz CT molecular complexity index is 394. The first-order valence-corrected chi connectivity index (χ1v) is 9.38. The molecule has 0 saturated carbocycles. The van der Waals surface area contributed by atoms with Crippen molar-refractivity contribution < 1.29 is 9.59 Å². The van der Waals surface area contributed by atoms with Gasteiger partial charge in [-0.05, 0) is 57.0 Å². The van der Waals surface area contributed by atoms with Crippen molar-refractivity contribution in [3.8, 4) is 0 Å². The zero-order valence-corrected chi connectivity index (χ0v) is 14.8. The van der Waals surface area contributed by atoms with E-state index in [9.17, 15) is 9.59 Å². The molecule has 5 nitrogen and oxygen atoms in total. The highest BCUT2D eigenvalue weighted by Gasteiger charge is 2.30. The van der Waals surface area contributed by atoms with E-state index in [1.807, 2.05) is 4.90 Å². The number of amides is 2. The second-order valence-corrected chi connectivity index (χ2v) is 7.24. The van der Waals surface area contributed by atoms with Crippen LogP contribution >= 0.6 is 0 Å². The molecule has 2 unspecified atom stereocenters. The summed E-state index contributed by atoms with van der Waals surface area (Å²) in [6.07, 6.45) is 5.79. The lowest BCUT2D eigenvalue weighted by Gasteiger charge is -2.34. The molecule has 0 radical (unpaired) electrons. The Morgan fingerprint density at radius 1 is 1.26 bits per heavy atom. The fourth-order valence-corrected chi connectivity index (χ4v) is 3.79. The summed E-state index contributed by atoms with van der Waals surface area (Å²) in [5, 5.41) is 6.35. The van der Waals surface area contributed by atoms with Crippen molar-refractivity contribution in [2.75, 3.05) is 32.7 Å². The van der Waals surface area contributed by atoms with Crippen molar-refractivity contribution >= 4 is 11.8 Å². The second-order valence-electron chi connectivity index (χ2n) is 7.24. The van der Waals surface area contributed by atoms with Gasteiger partial charge in [0.2, 0.25) is 11.8 Å². The van der Waals surface area contributed by atoms with Crippen LogP contribution in [-0.2, 0) is 9.59 Å². The third-order valence-corrected chi connectivity index (χ3v) is 5.38. The smallest absolute Gasteiger partial charge is 0.224 e. The van der Waals surface area contributed by atoms with Crippen LogP contribution in [0.1, 0.15) is 52.4 Å². The number of likely N-dealkylation sites (tertiary alicyclic amines) is 1. The summed E-state index contributed by atoms with van der Waals surface area (Å²) in [6, 6.07) is 0. The summed E-state index contributed by atoms with van der Waals surface area (Å²) in [6.45, 7) is 8.57. The molecule has 2 aliphatic heterocycles. The molecule has 23 heavy (non-hydrogen) atoms. The molecule has 2 heterocycles. The van der Waals surface area contributed by atoms with Crippen molar-refractivity contribution in [3.05, 3.63) is 0 Å². The maximum Gasteiger partial charge on any atom is 0.224 e. The summed E-state index contributed by atoms with van der Waals surface area (Å²) in [5.74, 6) is 1.45. The van der Waals surface area contributed by atoms with Crippen LogP contribution in [0.3, 0.4) is 0 Å². The molecule has 2 atom stereocenters. The summed E-state index contributed by atoms with van der Waals surface area (Å²) < 4.78 is 0. The van der Waals surface area contributed by atoms with Gasteiger partial charge in [-0.25, -0.2) is 0 Å². The Hall–Kier alpha value is -1.10. The average Bonchev–Trinajstić information content (AvgIpc) is 2.60. The monoisotopic (exact) mass is 323 g/mol. The molecular weight excluding hydrogens is 290 g/mol. The zero-order chi connectivity index (χ0) is 16.7. The lowest BCUT2D eigenvalue weighted by molar-refractivity contribution is -0.136. The highest BCUT2D eigenvalue weighted by atomic mass is 16.2. The molecule has 5 heteroatoms. The first-order valence-electron chi connectivity index (χ1n) is 9.38. The van der Waals surface area contributed by atoms with Gasteiger partial charge in [-0.1, -0.05) is 13.8 Å². The van der Waals surface area contributed by atoms with Gasteiger partial charge in [-0.3, -0.25) is 9.59 Å². The van der Waals surface area contributed by atoms with Gasteiger partial charge >= 0.3 is 0 Å². The highest BCUT2D eigenvalue weighted by molar-refractivity contribution is 5.81. The first-order chi connectivity index (χ1) is 11.1. The molecule has 2 aliphatic rings. The number of hydrogen-bond acceptors (Lipinski definition) is 3. The van der Waals surface area contributed by atoms with Crippen LogP contribution in [0, 0.1) is 17.8 Å². The van der Waals surface area contributed by atoms with Crippen LogP contribution < -0.4 is 10.6 Å². The number of carbonyl (C=O) groups excluding carboxylic acids is 2. The number of nitrogens with zero attached hydrogens (tertiary/aromatic N) is 1. The summed E-state index contributed by atoms with van der Waals surface area (Å²) >= 11 is 0. The van der Waals surface area contributed by atoms with Gasteiger partial charge in [-0.2, -0.15) is 0 Å². The predicted molar refractivity (Wildman–Crippen MR) is 92.0 cm³/mol. The van der Waals surface area contributed by atoms with E-state index < -0.39 is 0 Å². The Balaban J connectivity index is 1.80. The van der Waals surface area contributed by atoms with E-state index in [1.54, 1.807) is 0 Å². The number of rotatable bonds is 6. The third kappa shape index (κ3) is 5.48. The van der Waals surface area contributed by atoms with Crippen LogP contribution in [0.4, 0.5) is 0 Å². The summed E-state index contributed by atoms with van der Waals surface area (Å²) in [4.78, 5) is 26.7. The van der Waals surface area contributed by atoms with Gasteiger partial charge in [0.25, 0.3) is 0 Å². The zero-order valence-electron chi connectivity index (χ0n) is 14.8. The molecule has 0 aliphatic carbocycles.